The molecule has 172 valence electrons. The van der Waals surface area contributed by atoms with Gasteiger partial charge in [-0.3, -0.25) is 14.4 Å². The van der Waals surface area contributed by atoms with E-state index in [1.165, 1.54) is 0 Å². The molecule has 3 amide bonds. The van der Waals surface area contributed by atoms with E-state index in [1.807, 2.05) is 13.8 Å². The summed E-state index contributed by atoms with van der Waals surface area (Å²) in [5.41, 5.74) is 2.43. The zero-order chi connectivity index (χ0) is 23.3. The first-order chi connectivity index (χ1) is 15.4. The molecule has 0 spiro atoms. The van der Waals surface area contributed by atoms with E-state index >= 15 is 0 Å². The Morgan fingerprint density at radius 2 is 1.50 bits per heavy atom. The maximum atomic E-state index is 12.2. The average Bonchev–Trinajstić information content (AvgIpc) is 2.81. The van der Waals surface area contributed by atoms with Gasteiger partial charge in [0.15, 0.2) is 0 Å². The first-order valence-corrected chi connectivity index (χ1v) is 10.7. The molecule has 2 aromatic rings. The van der Waals surface area contributed by atoms with Crippen LogP contribution in [0, 0.1) is 0 Å². The molecule has 0 bridgehead atoms. The molecule has 0 saturated heterocycles. The van der Waals surface area contributed by atoms with E-state index in [-0.39, 0.29) is 30.3 Å². The van der Waals surface area contributed by atoms with Crippen molar-refractivity contribution < 1.29 is 19.1 Å². The lowest BCUT2D eigenvalue weighted by Gasteiger charge is -2.12. The van der Waals surface area contributed by atoms with Crippen LogP contribution in [0.4, 0.5) is 11.4 Å². The Balaban J connectivity index is 1.78. The largest absolute Gasteiger partial charge is 0.385 e. The lowest BCUT2D eigenvalue weighted by atomic mass is 10.1. The molecule has 0 aliphatic carbocycles. The highest BCUT2D eigenvalue weighted by atomic mass is 16.5. The van der Waals surface area contributed by atoms with Crippen LogP contribution in [0.5, 0.6) is 0 Å². The maximum Gasteiger partial charge on any atom is 0.251 e. The molecule has 0 aliphatic heterocycles. The second-order valence-electron chi connectivity index (χ2n) is 7.44. The molecule has 2 aromatic carbocycles. The van der Waals surface area contributed by atoms with Crippen molar-refractivity contribution in [1.29, 1.82) is 0 Å². The summed E-state index contributed by atoms with van der Waals surface area (Å²) in [6.07, 6.45) is 1.61. The van der Waals surface area contributed by atoms with E-state index in [9.17, 15) is 14.4 Å². The van der Waals surface area contributed by atoms with E-state index in [0.717, 1.165) is 18.5 Å². The van der Waals surface area contributed by atoms with Gasteiger partial charge >= 0.3 is 0 Å². The Morgan fingerprint density at radius 3 is 2.09 bits per heavy atom. The highest BCUT2D eigenvalue weighted by Crippen LogP contribution is 2.12. The van der Waals surface area contributed by atoms with E-state index in [2.05, 4.69) is 21.3 Å². The first-order valence-electron chi connectivity index (χ1n) is 10.7. The zero-order valence-corrected chi connectivity index (χ0v) is 18.9. The van der Waals surface area contributed by atoms with Crippen molar-refractivity contribution in [2.24, 2.45) is 0 Å². The number of amides is 3. The van der Waals surface area contributed by atoms with Crippen LogP contribution in [0.1, 0.15) is 47.4 Å². The van der Waals surface area contributed by atoms with Gasteiger partial charge in [-0.25, -0.2) is 0 Å². The number of hydrogen-bond donors (Lipinski definition) is 4. The minimum atomic E-state index is -0.222. The van der Waals surface area contributed by atoms with Gasteiger partial charge in [-0.1, -0.05) is 6.92 Å². The number of hydrogen-bond acceptors (Lipinski definition) is 5. The molecule has 1 unspecified atom stereocenters. The standard InChI is InChI=1S/C24H32N4O4/c1-4-17(2)27-24(31)19-6-10-20(11-7-19)26-16-22(29)28-21-12-8-18(9-13-21)23(30)25-14-5-15-32-3/h6-13,17,26H,4-5,14-16H2,1-3H3,(H,25,30)(H,27,31)(H,28,29). The SMILES string of the molecule is CCC(C)NC(=O)c1ccc(NCC(=O)Nc2ccc(C(=O)NCCCOC)cc2)cc1. The van der Waals surface area contributed by atoms with Crippen molar-refractivity contribution in [3.8, 4) is 0 Å². The van der Waals surface area contributed by atoms with Crippen LogP contribution in [-0.2, 0) is 9.53 Å². The summed E-state index contributed by atoms with van der Waals surface area (Å²) in [5.74, 6) is -0.502. The second-order valence-corrected chi connectivity index (χ2v) is 7.44. The third-order valence-corrected chi connectivity index (χ3v) is 4.83. The quantitative estimate of drug-likeness (QED) is 0.380. The molecular weight excluding hydrogens is 408 g/mol. The zero-order valence-electron chi connectivity index (χ0n) is 18.9. The summed E-state index contributed by atoms with van der Waals surface area (Å²) in [6, 6.07) is 13.8. The lowest BCUT2D eigenvalue weighted by Crippen LogP contribution is -2.31. The molecule has 0 radical (unpaired) electrons. The molecule has 1 atom stereocenters. The van der Waals surface area contributed by atoms with Gasteiger partial charge in [-0.05, 0) is 68.3 Å². The normalized spacial score (nSPS) is 11.3. The van der Waals surface area contributed by atoms with Gasteiger partial charge < -0.3 is 26.0 Å². The molecule has 2 rings (SSSR count). The monoisotopic (exact) mass is 440 g/mol. The Kier molecular flexibility index (Phi) is 10.2. The van der Waals surface area contributed by atoms with Crippen LogP contribution < -0.4 is 21.3 Å². The summed E-state index contributed by atoms with van der Waals surface area (Å²) >= 11 is 0. The van der Waals surface area contributed by atoms with Crippen LogP contribution in [0.2, 0.25) is 0 Å². The number of ether oxygens (including phenoxy) is 1. The predicted molar refractivity (Wildman–Crippen MR) is 126 cm³/mol. The Labute approximate surface area is 189 Å². The summed E-state index contributed by atoms with van der Waals surface area (Å²) in [6.45, 7) is 5.18. The lowest BCUT2D eigenvalue weighted by molar-refractivity contribution is -0.114. The molecule has 0 saturated carbocycles. The van der Waals surface area contributed by atoms with E-state index in [1.54, 1.807) is 55.6 Å². The fourth-order valence-corrected chi connectivity index (χ4v) is 2.76. The highest BCUT2D eigenvalue weighted by Gasteiger charge is 2.09. The van der Waals surface area contributed by atoms with Crippen LogP contribution in [0.3, 0.4) is 0 Å². The Hall–Kier alpha value is -3.39. The van der Waals surface area contributed by atoms with Crippen LogP contribution >= 0.6 is 0 Å². The van der Waals surface area contributed by atoms with Gasteiger partial charge in [0.2, 0.25) is 5.91 Å². The van der Waals surface area contributed by atoms with Gasteiger partial charge in [-0.15, -0.1) is 0 Å². The first kappa shape index (κ1) is 24.9. The van der Waals surface area contributed by atoms with Gasteiger partial charge in [0.1, 0.15) is 0 Å². The van der Waals surface area contributed by atoms with E-state index in [4.69, 9.17) is 4.74 Å². The van der Waals surface area contributed by atoms with E-state index in [0.29, 0.717) is 30.0 Å². The number of anilines is 2. The summed E-state index contributed by atoms with van der Waals surface area (Å²) in [5, 5.41) is 11.5. The minimum Gasteiger partial charge on any atom is -0.385 e. The maximum absolute atomic E-state index is 12.2. The molecule has 0 heterocycles. The number of methoxy groups -OCH3 is 1. The molecule has 4 N–H and O–H groups in total. The molecule has 32 heavy (non-hydrogen) atoms. The van der Waals surface area contributed by atoms with Crippen LogP contribution in [0.15, 0.2) is 48.5 Å². The van der Waals surface area contributed by atoms with Crippen LogP contribution in [0.25, 0.3) is 0 Å². The van der Waals surface area contributed by atoms with Gasteiger partial charge in [0, 0.05) is 48.8 Å². The molecule has 8 nitrogen and oxygen atoms in total. The third kappa shape index (κ3) is 8.39. The molecule has 0 aromatic heterocycles. The smallest absolute Gasteiger partial charge is 0.251 e. The Morgan fingerprint density at radius 1 is 0.906 bits per heavy atom. The summed E-state index contributed by atoms with van der Waals surface area (Å²) in [4.78, 5) is 36.4. The number of benzene rings is 2. The Bertz CT molecular complexity index is 882. The summed E-state index contributed by atoms with van der Waals surface area (Å²) < 4.78 is 4.95. The topological polar surface area (TPSA) is 109 Å². The van der Waals surface area contributed by atoms with Gasteiger partial charge in [-0.2, -0.15) is 0 Å². The molecular formula is C24H32N4O4. The average molecular weight is 441 g/mol. The number of carbonyl (C=O) groups is 3. The molecule has 0 fully saturated rings. The van der Waals surface area contributed by atoms with Crippen molar-refractivity contribution in [1.82, 2.24) is 10.6 Å². The van der Waals surface area contributed by atoms with Crippen molar-refractivity contribution >= 4 is 29.1 Å². The third-order valence-electron chi connectivity index (χ3n) is 4.83. The number of rotatable bonds is 12. The number of carbonyl (C=O) groups excluding carboxylic acids is 3. The van der Waals surface area contributed by atoms with E-state index < -0.39 is 0 Å². The summed E-state index contributed by atoms with van der Waals surface area (Å²) in [7, 11) is 1.62. The van der Waals surface area contributed by atoms with Gasteiger partial charge in [0.25, 0.3) is 11.8 Å². The minimum absolute atomic E-state index is 0.0696. The van der Waals surface area contributed by atoms with Crippen LogP contribution in [-0.4, -0.2) is 50.6 Å². The highest BCUT2D eigenvalue weighted by molar-refractivity contribution is 5.97. The fourth-order valence-electron chi connectivity index (χ4n) is 2.76. The van der Waals surface area contributed by atoms with Crippen molar-refractivity contribution in [3.05, 3.63) is 59.7 Å². The number of nitrogens with one attached hydrogen (secondary N) is 4. The van der Waals surface area contributed by atoms with Crippen molar-refractivity contribution in [2.45, 2.75) is 32.7 Å². The fraction of sp³-hybridized carbons (Fsp3) is 0.375. The predicted octanol–water partition coefficient (Wildman–Crippen LogP) is 3.03. The van der Waals surface area contributed by atoms with Crippen molar-refractivity contribution in [2.75, 3.05) is 37.4 Å². The molecule has 8 heteroatoms. The molecule has 0 aliphatic rings. The second kappa shape index (κ2) is 13.1. The van der Waals surface area contributed by atoms with Gasteiger partial charge in [0.05, 0.1) is 6.54 Å². The van der Waals surface area contributed by atoms with Crippen molar-refractivity contribution in [3.63, 3.8) is 0 Å².